The molecule has 0 atom stereocenters. The van der Waals surface area contributed by atoms with Crippen LogP contribution in [0.15, 0.2) is 42.7 Å². The van der Waals surface area contributed by atoms with E-state index in [0.717, 1.165) is 6.42 Å². The van der Waals surface area contributed by atoms with E-state index in [1.165, 1.54) is 11.1 Å². The molecule has 0 unspecified atom stereocenters. The monoisotopic (exact) mass is 269 g/mol. The molecule has 0 saturated heterocycles. The van der Waals surface area contributed by atoms with Crippen LogP contribution < -0.4 is 10.6 Å². The fraction of sp³-hybridized carbons (Fsp3) is 0.250. The van der Waals surface area contributed by atoms with Crippen molar-refractivity contribution in [2.75, 3.05) is 17.7 Å². The summed E-state index contributed by atoms with van der Waals surface area (Å²) >= 11 is 0. The van der Waals surface area contributed by atoms with Crippen molar-refractivity contribution >= 4 is 17.3 Å². The molecule has 0 spiro atoms. The summed E-state index contributed by atoms with van der Waals surface area (Å²) in [6, 6.07) is 9.99. The largest absolute Gasteiger partial charge is 0.396 e. The summed E-state index contributed by atoms with van der Waals surface area (Å²) in [5.74, 6) is 0.0449. The maximum absolute atomic E-state index is 12.2. The van der Waals surface area contributed by atoms with E-state index in [0.29, 0.717) is 17.8 Å². The molecule has 1 heterocycles. The molecule has 0 fully saturated rings. The quantitative estimate of drug-likeness (QED) is 0.928. The number of hydrogen-bond donors (Lipinski definition) is 1. The summed E-state index contributed by atoms with van der Waals surface area (Å²) < 4.78 is 0. The molecule has 0 saturated carbocycles. The van der Waals surface area contributed by atoms with Crippen LogP contribution in [-0.2, 0) is 11.2 Å². The van der Waals surface area contributed by atoms with Gasteiger partial charge in [-0.15, -0.1) is 0 Å². The molecule has 4 heteroatoms. The maximum atomic E-state index is 12.2. The van der Waals surface area contributed by atoms with Gasteiger partial charge in [-0.1, -0.05) is 29.8 Å². The first-order chi connectivity index (χ1) is 9.58. The SMILES string of the molecule is Cc1ccc(CCC(=O)N(C)c2ccncc2N)cc1. The highest BCUT2D eigenvalue weighted by molar-refractivity contribution is 5.95. The minimum absolute atomic E-state index is 0.0449. The summed E-state index contributed by atoms with van der Waals surface area (Å²) in [7, 11) is 1.74. The Hall–Kier alpha value is -2.36. The van der Waals surface area contributed by atoms with Crippen molar-refractivity contribution < 1.29 is 4.79 Å². The summed E-state index contributed by atoms with van der Waals surface area (Å²) in [5, 5.41) is 0. The Balaban J connectivity index is 1.98. The zero-order valence-corrected chi connectivity index (χ0v) is 11.8. The lowest BCUT2D eigenvalue weighted by molar-refractivity contribution is -0.118. The van der Waals surface area contributed by atoms with Gasteiger partial charge in [0.05, 0.1) is 17.6 Å². The number of amides is 1. The lowest BCUT2D eigenvalue weighted by Crippen LogP contribution is -2.27. The van der Waals surface area contributed by atoms with Gasteiger partial charge in [-0.2, -0.15) is 0 Å². The highest BCUT2D eigenvalue weighted by atomic mass is 16.2. The number of carbonyl (C=O) groups excluding carboxylic acids is 1. The Morgan fingerprint density at radius 3 is 2.60 bits per heavy atom. The van der Waals surface area contributed by atoms with Crippen LogP contribution >= 0.6 is 0 Å². The van der Waals surface area contributed by atoms with Gasteiger partial charge < -0.3 is 10.6 Å². The van der Waals surface area contributed by atoms with Crippen LogP contribution in [-0.4, -0.2) is 17.9 Å². The van der Waals surface area contributed by atoms with E-state index in [-0.39, 0.29) is 5.91 Å². The first kappa shape index (κ1) is 14.1. The van der Waals surface area contributed by atoms with Gasteiger partial charge >= 0.3 is 0 Å². The van der Waals surface area contributed by atoms with E-state index in [2.05, 4.69) is 36.2 Å². The van der Waals surface area contributed by atoms with Gasteiger partial charge in [-0.05, 0) is 25.0 Å². The zero-order chi connectivity index (χ0) is 14.5. The van der Waals surface area contributed by atoms with Crippen LogP contribution in [0.1, 0.15) is 17.5 Å². The van der Waals surface area contributed by atoms with Crippen molar-refractivity contribution in [3.05, 3.63) is 53.9 Å². The molecule has 0 aliphatic rings. The molecule has 2 N–H and O–H groups in total. The third kappa shape index (κ3) is 3.35. The number of pyridine rings is 1. The maximum Gasteiger partial charge on any atom is 0.227 e. The van der Waals surface area contributed by atoms with Gasteiger partial charge in [0.25, 0.3) is 0 Å². The molecule has 0 radical (unpaired) electrons. The molecule has 1 aromatic carbocycles. The number of rotatable bonds is 4. The van der Waals surface area contributed by atoms with E-state index in [4.69, 9.17) is 5.73 Å². The minimum atomic E-state index is 0.0449. The van der Waals surface area contributed by atoms with E-state index < -0.39 is 0 Å². The van der Waals surface area contributed by atoms with E-state index in [1.54, 1.807) is 30.4 Å². The van der Waals surface area contributed by atoms with Gasteiger partial charge in [0.2, 0.25) is 5.91 Å². The molecule has 20 heavy (non-hydrogen) atoms. The van der Waals surface area contributed by atoms with Crippen molar-refractivity contribution in [1.29, 1.82) is 0 Å². The van der Waals surface area contributed by atoms with Gasteiger partial charge in [0.15, 0.2) is 0 Å². The van der Waals surface area contributed by atoms with Gasteiger partial charge in [-0.25, -0.2) is 0 Å². The van der Waals surface area contributed by atoms with E-state index in [1.807, 2.05) is 0 Å². The smallest absolute Gasteiger partial charge is 0.227 e. The highest BCUT2D eigenvalue weighted by Crippen LogP contribution is 2.20. The number of hydrogen-bond acceptors (Lipinski definition) is 3. The van der Waals surface area contributed by atoms with Crippen LogP contribution in [0.2, 0.25) is 0 Å². The summed E-state index contributed by atoms with van der Waals surface area (Å²) in [6.45, 7) is 2.05. The van der Waals surface area contributed by atoms with Crippen LogP contribution in [0.4, 0.5) is 11.4 Å². The topological polar surface area (TPSA) is 59.2 Å². The third-order valence-electron chi connectivity index (χ3n) is 3.31. The van der Waals surface area contributed by atoms with Crippen LogP contribution in [0.5, 0.6) is 0 Å². The fourth-order valence-electron chi connectivity index (χ4n) is 2.01. The normalized spacial score (nSPS) is 10.3. The molecule has 0 aliphatic heterocycles. The highest BCUT2D eigenvalue weighted by Gasteiger charge is 2.13. The first-order valence-corrected chi connectivity index (χ1v) is 6.59. The number of benzene rings is 1. The Morgan fingerprint density at radius 2 is 1.95 bits per heavy atom. The van der Waals surface area contributed by atoms with Gasteiger partial charge in [0.1, 0.15) is 0 Å². The fourth-order valence-corrected chi connectivity index (χ4v) is 2.01. The second-order valence-corrected chi connectivity index (χ2v) is 4.87. The molecule has 0 aliphatic carbocycles. The lowest BCUT2D eigenvalue weighted by Gasteiger charge is -2.18. The number of nitrogens with two attached hydrogens (primary N) is 1. The molecule has 1 amide bonds. The Bertz CT molecular complexity index is 593. The zero-order valence-electron chi connectivity index (χ0n) is 11.8. The van der Waals surface area contributed by atoms with Gasteiger partial charge in [-0.3, -0.25) is 9.78 Å². The average molecular weight is 269 g/mol. The van der Waals surface area contributed by atoms with Crippen molar-refractivity contribution in [1.82, 2.24) is 4.98 Å². The summed E-state index contributed by atoms with van der Waals surface area (Å²) in [4.78, 5) is 17.7. The molecule has 1 aromatic heterocycles. The van der Waals surface area contributed by atoms with Crippen LogP contribution in [0, 0.1) is 6.92 Å². The number of nitrogens with zero attached hydrogens (tertiary/aromatic N) is 2. The molecule has 4 nitrogen and oxygen atoms in total. The van der Waals surface area contributed by atoms with Crippen molar-refractivity contribution in [3.63, 3.8) is 0 Å². The summed E-state index contributed by atoms with van der Waals surface area (Å²) in [5.41, 5.74) is 9.43. The molecular weight excluding hydrogens is 250 g/mol. The second-order valence-electron chi connectivity index (χ2n) is 4.87. The predicted octanol–water partition coefficient (Wildman–Crippen LogP) is 2.57. The Labute approximate surface area is 119 Å². The summed E-state index contributed by atoms with van der Waals surface area (Å²) in [6.07, 6.45) is 4.38. The first-order valence-electron chi connectivity index (χ1n) is 6.59. The number of aromatic nitrogens is 1. The molecule has 2 rings (SSSR count). The molecule has 104 valence electrons. The van der Waals surface area contributed by atoms with Crippen LogP contribution in [0.3, 0.4) is 0 Å². The minimum Gasteiger partial charge on any atom is -0.396 e. The van der Waals surface area contributed by atoms with Crippen molar-refractivity contribution in [2.24, 2.45) is 0 Å². The number of aryl methyl sites for hydroxylation is 2. The van der Waals surface area contributed by atoms with Crippen molar-refractivity contribution in [2.45, 2.75) is 19.8 Å². The number of nitrogen functional groups attached to an aromatic ring is 1. The molecular formula is C16H19N3O. The third-order valence-corrected chi connectivity index (χ3v) is 3.31. The Morgan fingerprint density at radius 1 is 1.25 bits per heavy atom. The van der Waals surface area contributed by atoms with E-state index in [9.17, 15) is 4.79 Å². The Kier molecular flexibility index (Phi) is 4.35. The second kappa shape index (κ2) is 6.19. The molecule has 2 aromatic rings. The van der Waals surface area contributed by atoms with Gasteiger partial charge in [0, 0.05) is 19.7 Å². The lowest BCUT2D eigenvalue weighted by atomic mass is 10.1. The number of carbonyl (C=O) groups is 1. The van der Waals surface area contributed by atoms with E-state index >= 15 is 0 Å². The standard InChI is InChI=1S/C16H19N3O/c1-12-3-5-13(6-4-12)7-8-16(20)19(2)15-9-10-18-11-14(15)17/h3-6,9-11H,7-8,17H2,1-2H3. The molecule has 0 bridgehead atoms. The number of anilines is 2. The van der Waals surface area contributed by atoms with Crippen molar-refractivity contribution in [3.8, 4) is 0 Å². The predicted molar refractivity (Wildman–Crippen MR) is 81.6 cm³/mol. The van der Waals surface area contributed by atoms with Crippen LogP contribution in [0.25, 0.3) is 0 Å². The average Bonchev–Trinajstić information content (AvgIpc) is 2.46.